The summed E-state index contributed by atoms with van der Waals surface area (Å²) in [5, 5.41) is 3.59. The highest BCUT2D eigenvalue weighted by Crippen LogP contribution is 2.29. The number of furan rings is 1. The lowest BCUT2D eigenvalue weighted by Gasteiger charge is -2.21. The van der Waals surface area contributed by atoms with Crippen molar-refractivity contribution < 1.29 is 9.21 Å². The van der Waals surface area contributed by atoms with Crippen molar-refractivity contribution in [1.82, 2.24) is 14.9 Å². The zero-order chi connectivity index (χ0) is 18.0. The first kappa shape index (κ1) is 17.3. The van der Waals surface area contributed by atoms with Gasteiger partial charge in [-0.25, -0.2) is 4.98 Å². The predicted molar refractivity (Wildman–Crippen MR) is 97.4 cm³/mol. The van der Waals surface area contributed by atoms with E-state index in [0.29, 0.717) is 10.8 Å². The third-order valence-corrected chi connectivity index (χ3v) is 4.39. The average Bonchev–Trinajstić information content (AvgIpc) is 3.22. The summed E-state index contributed by atoms with van der Waals surface area (Å²) >= 11 is 6.19. The molecule has 0 bridgehead atoms. The fourth-order valence-corrected chi connectivity index (χ4v) is 2.91. The van der Waals surface area contributed by atoms with Crippen LogP contribution < -0.4 is 5.32 Å². The number of imidazole rings is 1. The van der Waals surface area contributed by atoms with Gasteiger partial charge >= 0.3 is 0 Å². The van der Waals surface area contributed by atoms with Gasteiger partial charge in [0.2, 0.25) is 0 Å². The molecule has 0 spiro atoms. The summed E-state index contributed by atoms with van der Waals surface area (Å²) in [6, 6.07) is 10.6. The van der Waals surface area contributed by atoms with Gasteiger partial charge in [-0.2, -0.15) is 0 Å². The van der Waals surface area contributed by atoms with Crippen LogP contribution >= 0.6 is 11.6 Å². The number of hydrogen-bond acceptors (Lipinski definition) is 3. The lowest BCUT2D eigenvalue weighted by Crippen LogP contribution is -2.33. The van der Waals surface area contributed by atoms with E-state index in [2.05, 4.69) is 10.3 Å². The van der Waals surface area contributed by atoms with Crippen molar-refractivity contribution in [2.24, 2.45) is 13.0 Å². The molecule has 1 aromatic carbocycles. The molecular weight excluding hydrogens is 338 g/mol. The highest BCUT2D eigenvalue weighted by molar-refractivity contribution is 6.33. The van der Waals surface area contributed by atoms with E-state index >= 15 is 0 Å². The Balaban J connectivity index is 1.82. The minimum Gasteiger partial charge on any atom is -0.451 e. The SMILES string of the molecule is CC(C)[C@H](NC(=O)c1ccc(-c2ccccc2Cl)o1)c1nccn1C. The summed E-state index contributed by atoms with van der Waals surface area (Å²) in [6.07, 6.45) is 3.58. The summed E-state index contributed by atoms with van der Waals surface area (Å²) in [6.45, 7) is 4.08. The Morgan fingerprint density at radius 1 is 1.24 bits per heavy atom. The van der Waals surface area contributed by atoms with Gasteiger partial charge in [-0.3, -0.25) is 4.79 Å². The van der Waals surface area contributed by atoms with Crippen LogP contribution in [0.5, 0.6) is 0 Å². The van der Waals surface area contributed by atoms with Crippen molar-refractivity contribution in [3.63, 3.8) is 0 Å². The number of carbonyl (C=O) groups excluding carboxylic acids is 1. The van der Waals surface area contributed by atoms with Crippen molar-refractivity contribution in [1.29, 1.82) is 0 Å². The number of carbonyl (C=O) groups is 1. The van der Waals surface area contributed by atoms with Gasteiger partial charge in [-0.15, -0.1) is 0 Å². The molecule has 0 unspecified atom stereocenters. The summed E-state index contributed by atoms with van der Waals surface area (Å²) < 4.78 is 7.62. The van der Waals surface area contributed by atoms with Crippen molar-refractivity contribution >= 4 is 17.5 Å². The van der Waals surface area contributed by atoms with E-state index < -0.39 is 0 Å². The topological polar surface area (TPSA) is 60.1 Å². The monoisotopic (exact) mass is 357 g/mol. The lowest BCUT2D eigenvalue weighted by atomic mass is 10.0. The van der Waals surface area contributed by atoms with Gasteiger partial charge in [0.05, 0.1) is 11.1 Å². The standard InChI is InChI=1S/C19H20ClN3O2/c1-12(2)17(18-21-10-11-23(18)3)22-19(24)16-9-8-15(25-16)13-6-4-5-7-14(13)20/h4-12,17H,1-3H3,(H,22,24)/t17-/m0/s1. The normalized spacial score (nSPS) is 12.4. The summed E-state index contributed by atoms with van der Waals surface area (Å²) in [5.41, 5.74) is 0.757. The van der Waals surface area contributed by atoms with Gasteiger partial charge in [-0.05, 0) is 30.2 Å². The first-order valence-electron chi connectivity index (χ1n) is 8.10. The molecule has 0 aliphatic heterocycles. The van der Waals surface area contributed by atoms with E-state index in [1.807, 2.05) is 49.9 Å². The summed E-state index contributed by atoms with van der Waals surface area (Å²) in [5.74, 6) is 1.52. The number of nitrogens with zero attached hydrogens (tertiary/aromatic N) is 2. The quantitative estimate of drug-likeness (QED) is 0.733. The number of hydrogen-bond donors (Lipinski definition) is 1. The molecule has 1 N–H and O–H groups in total. The van der Waals surface area contributed by atoms with Crippen LogP contribution in [0.15, 0.2) is 53.2 Å². The zero-order valence-corrected chi connectivity index (χ0v) is 15.1. The van der Waals surface area contributed by atoms with Gasteiger partial charge in [0.25, 0.3) is 5.91 Å². The van der Waals surface area contributed by atoms with Crippen LogP contribution in [0.1, 0.15) is 36.3 Å². The Morgan fingerprint density at radius 2 is 2.00 bits per heavy atom. The number of aryl methyl sites for hydroxylation is 1. The van der Waals surface area contributed by atoms with Crippen LogP contribution in [0.25, 0.3) is 11.3 Å². The van der Waals surface area contributed by atoms with Crippen LogP contribution in [0.4, 0.5) is 0 Å². The smallest absolute Gasteiger partial charge is 0.287 e. The Labute approximate surface area is 151 Å². The predicted octanol–water partition coefficient (Wildman–Crippen LogP) is 4.46. The summed E-state index contributed by atoms with van der Waals surface area (Å²) in [4.78, 5) is 17.0. The van der Waals surface area contributed by atoms with E-state index in [4.69, 9.17) is 16.0 Å². The third kappa shape index (κ3) is 3.61. The zero-order valence-electron chi connectivity index (χ0n) is 14.4. The highest BCUT2D eigenvalue weighted by Gasteiger charge is 2.24. The molecule has 1 amide bonds. The van der Waals surface area contributed by atoms with E-state index in [9.17, 15) is 4.79 Å². The van der Waals surface area contributed by atoms with Crippen LogP contribution in [0.3, 0.4) is 0 Å². The Morgan fingerprint density at radius 3 is 2.64 bits per heavy atom. The number of amides is 1. The van der Waals surface area contributed by atoms with Gasteiger partial charge in [-0.1, -0.05) is 37.6 Å². The second-order valence-corrected chi connectivity index (χ2v) is 6.64. The molecule has 130 valence electrons. The Hall–Kier alpha value is -2.53. The molecule has 0 saturated carbocycles. The molecule has 0 radical (unpaired) electrons. The van der Waals surface area contributed by atoms with E-state index in [1.54, 1.807) is 24.4 Å². The number of rotatable bonds is 5. The third-order valence-electron chi connectivity index (χ3n) is 4.06. The minimum absolute atomic E-state index is 0.183. The lowest BCUT2D eigenvalue weighted by molar-refractivity contribution is 0.0895. The second kappa shape index (κ2) is 7.15. The second-order valence-electron chi connectivity index (χ2n) is 6.24. The van der Waals surface area contributed by atoms with Gasteiger partial charge < -0.3 is 14.3 Å². The van der Waals surface area contributed by atoms with Gasteiger partial charge in [0.1, 0.15) is 11.6 Å². The maximum Gasteiger partial charge on any atom is 0.287 e. The van der Waals surface area contributed by atoms with Crippen LogP contribution in [0, 0.1) is 5.92 Å². The first-order chi connectivity index (χ1) is 12.0. The molecule has 3 rings (SSSR count). The van der Waals surface area contributed by atoms with Gasteiger partial charge in [0, 0.05) is 25.0 Å². The first-order valence-corrected chi connectivity index (χ1v) is 8.48. The van der Waals surface area contributed by atoms with Crippen molar-refractivity contribution in [3.8, 4) is 11.3 Å². The molecule has 6 heteroatoms. The van der Waals surface area contributed by atoms with Crippen LogP contribution in [-0.2, 0) is 7.05 Å². The molecule has 1 atom stereocenters. The minimum atomic E-state index is -0.278. The molecule has 0 aliphatic rings. The molecule has 0 aliphatic carbocycles. The molecule has 25 heavy (non-hydrogen) atoms. The van der Waals surface area contributed by atoms with E-state index in [1.165, 1.54) is 0 Å². The van der Waals surface area contributed by atoms with E-state index in [0.717, 1.165) is 11.4 Å². The number of halogens is 1. The van der Waals surface area contributed by atoms with Crippen molar-refractivity contribution in [3.05, 3.63) is 65.4 Å². The maximum absolute atomic E-state index is 12.6. The highest BCUT2D eigenvalue weighted by atomic mass is 35.5. The number of benzene rings is 1. The fourth-order valence-electron chi connectivity index (χ4n) is 2.68. The molecule has 0 fully saturated rings. The Bertz CT molecular complexity index is 882. The number of aromatic nitrogens is 2. The van der Waals surface area contributed by atoms with Gasteiger partial charge in [0.15, 0.2) is 5.76 Å². The van der Waals surface area contributed by atoms with Crippen LogP contribution in [0.2, 0.25) is 5.02 Å². The largest absolute Gasteiger partial charge is 0.451 e. The molecule has 0 saturated heterocycles. The van der Waals surface area contributed by atoms with E-state index in [-0.39, 0.29) is 23.6 Å². The summed E-state index contributed by atoms with van der Waals surface area (Å²) in [7, 11) is 1.91. The molecule has 5 nitrogen and oxygen atoms in total. The molecule has 2 heterocycles. The average molecular weight is 358 g/mol. The van der Waals surface area contributed by atoms with Crippen molar-refractivity contribution in [2.75, 3.05) is 0 Å². The molecular formula is C19H20ClN3O2. The Kier molecular flexibility index (Phi) is 4.95. The molecule has 3 aromatic rings. The fraction of sp³-hybridized carbons (Fsp3) is 0.263. The number of nitrogens with one attached hydrogen (secondary N) is 1. The van der Waals surface area contributed by atoms with Crippen LogP contribution in [-0.4, -0.2) is 15.5 Å². The molecule has 2 aromatic heterocycles. The maximum atomic E-state index is 12.6. The van der Waals surface area contributed by atoms with Crippen molar-refractivity contribution in [2.45, 2.75) is 19.9 Å².